The number of amides is 4. The number of carbonyl (C=O) groups excluding carboxylic acids is 4. The maximum Gasteiger partial charge on any atom is 0.262 e. The van der Waals surface area contributed by atoms with Crippen LogP contribution in [-0.2, 0) is 16.0 Å². The topological polar surface area (TPSA) is 121 Å². The molecule has 2 aliphatic rings. The first-order chi connectivity index (χ1) is 15.9. The van der Waals surface area contributed by atoms with Crippen molar-refractivity contribution in [3.8, 4) is 0 Å². The van der Waals surface area contributed by atoms with Gasteiger partial charge in [-0.15, -0.1) is 11.3 Å². The van der Waals surface area contributed by atoms with Gasteiger partial charge in [-0.05, 0) is 49.9 Å². The molecule has 2 N–H and O–H groups in total. The third-order valence-corrected chi connectivity index (χ3v) is 6.85. The Labute approximate surface area is 193 Å². The van der Waals surface area contributed by atoms with Crippen molar-refractivity contribution in [1.82, 2.24) is 20.2 Å². The highest BCUT2D eigenvalue weighted by Crippen LogP contribution is 2.29. The van der Waals surface area contributed by atoms with Crippen LogP contribution in [-0.4, -0.2) is 51.1 Å². The molecule has 5 rings (SSSR count). The van der Waals surface area contributed by atoms with Gasteiger partial charge >= 0.3 is 0 Å². The number of thiophene rings is 1. The van der Waals surface area contributed by atoms with Gasteiger partial charge in [-0.1, -0.05) is 6.07 Å². The number of nitrogens with zero attached hydrogens (tertiary/aromatic N) is 3. The maximum atomic E-state index is 12.9. The number of anilines is 1. The lowest BCUT2D eigenvalue weighted by atomic mass is 10.0. The van der Waals surface area contributed by atoms with Gasteiger partial charge in [0.05, 0.1) is 16.5 Å². The highest BCUT2D eigenvalue weighted by molar-refractivity contribution is 7.18. The van der Waals surface area contributed by atoms with Crippen LogP contribution in [0.1, 0.15) is 50.4 Å². The lowest BCUT2D eigenvalue weighted by Crippen LogP contribution is -2.54. The molecule has 0 bridgehead atoms. The van der Waals surface area contributed by atoms with Crippen molar-refractivity contribution in [3.63, 3.8) is 0 Å². The largest absolute Gasteiger partial charge is 0.369 e. The van der Waals surface area contributed by atoms with Crippen molar-refractivity contribution < 1.29 is 19.2 Å². The zero-order chi connectivity index (χ0) is 23.1. The standard InChI is InChI=1S/C23H21N5O4S/c1-12-9-16-19(25-11-26-21(16)33-12)24-8-2-3-13-4-5-14-15(10-13)23(32)28(22(14)31)17-6-7-18(29)27-20(17)30/h4-5,9-11,17H,2-3,6-8H2,1H3,(H,24,25,26)(H,27,29,30). The predicted octanol–water partition coefficient (Wildman–Crippen LogP) is 2.45. The van der Waals surface area contributed by atoms with Gasteiger partial charge in [0.25, 0.3) is 11.8 Å². The van der Waals surface area contributed by atoms with Crippen LogP contribution in [0.15, 0.2) is 30.6 Å². The second-order valence-corrected chi connectivity index (χ2v) is 9.39. The number of fused-ring (bicyclic) bond motifs is 2. The minimum absolute atomic E-state index is 0.103. The number of imide groups is 2. The van der Waals surface area contributed by atoms with Crippen molar-refractivity contribution in [2.24, 2.45) is 0 Å². The first-order valence-corrected chi connectivity index (χ1v) is 11.5. The average Bonchev–Trinajstić information content (AvgIpc) is 3.29. The molecule has 33 heavy (non-hydrogen) atoms. The van der Waals surface area contributed by atoms with E-state index < -0.39 is 23.8 Å². The zero-order valence-corrected chi connectivity index (χ0v) is 18.7. The summed E-state index contributed by atoms with van der Waals surface area (Å²) in [5, 5.41) is 6.57. The second-order valence-electron chi connectivity index (χ2n) is 8.16. The van der Waals surface area contributed by atoms with Gasteiger partial charge in [-0.2, -0.15) is 0 Å². The highest BCUT2D eigenvalue weighted by atomic mass is 32.1. The van der Waals surface area contributed by atoms with E-state index in [9.17, 15) is 19.2 Å². The first kappa shape index (κ1) is 21.2. The molecule has 2 aliphatic heterocycles. The number of nitrogens with one attached hydrogen (secondary N) is 2. The Morgan fingerprint density at radius 3 is 2.76 bits per heavy atom. The summed E-state index contributed by atoms with van der Waals surface area (Å²) in [6, 6.07) is 6.33. The van der Waals surface area contributed by atoms with E-state index in [1.807, 2.05) is 13.0 Å². The molecule has 1 saturated heterocycles. The Hall–Kier alpha value is -3.66. The van der Waals surface area contributed by atoms with E-state index in [0.29, 0.717) is 24.1 Å². The Kier molecular flexibility index (Phi) is 5.37. The third-order valence-electron chi connectivity index (χ3n) is 5.89. The lowest BCUT2D eigenvalue weighted by Gasteiger charge is -2.27. The molecular weight excluding hydrogens is 442 g/mol. The molecule has 0 spiro atoms. The van der Waals surface area contributed by atoms with Crippen LogP contribution in [0.2, 0.25) is 0 Å². The van der Waals surface area contributed by atoms with Gasteiger partial charge in [0.2, 0.25) is 11.8 Å². The van der Waals surface area contributed by atoms with Gasteiger partial charge < -0.3 is 5.32 Å². The zero-order valence-electron chi connectivity index (χ0n) is 17.9. The molecule has 10 heteroatoms. The number of piperidine rings is 1. The van der Waals surface area contributed by atoms with Gasteiger partial charge in [0.15, 0.2) is 0 Å². The Balaban J connectivity index is 1.24. The molecule has 0 radical (unpaired) electrons. The monoisotopic (exact) mass is 463 g/mol. The molecule has 1 unspecified atom stereocenters. The van der Waals surface area contributed by atoms with E-state index in [-0.39, 0.29) is 18.7 Å². The Morgan fingerprint density at radius 2 is 1.94 bits per heavy atom. The summed E-state index contributed by atoms with van der Waals surface area (Å²) >= 11 is 1.63. The molecule has 4 heterocycles. The molecule has 168 valence electrons. The number of aryl methyl sites for hydroxylation is 2. The van der Waals surface area contributed by atoms with Crippen molar-refractivity contribution in [3.05, 3.63) is 52.2 Å². The quantitative estimate of drug-likeness (QED) is 0.425. The fourth-order valence-corrected chi connectivity index (χ4v) is 5.14. The molecule has 0 aliphatic carbocycles. The minimum Gasteiger partial charge on any atom is -0.369 e. The molecule has 1 atom stereocenters. The molecule has 1 fully saturated rings. The number of hydrogen-bond donors (Lipinski definition) is 2. The van der Waals surface area contributed by atoms with Crippen molar-refractivity contribution in [2.75, 3.05) is 11.9 Å². The summed E-state index contributed by atoms with van der Waals surface area (Å²) in [6.45, 7) is 2.73. The summed E-state index contributed by atoms with van der Waals surface area (Å²) in [5.41, 5.74) is 1.53. The van der Waals surface area contributed by atoms with Crippen LogP contribution >= 0.6 is 11.3 Å². The SMILES string of the molecule is Cc1cc2c(NCCCc3ccc4c(c3)C(=O)N(C3CCC(=O)NC3=O)C4=O)ncnc2s1. The van der Waals surface area contributed by atoms with Crippen molar-refractivity contribution in [2.45, 2.75) is 38.6 Å². The summed E-state index contributed by atoms with van der Waals surface area (Å²) in [7, 11) is 0. The van der Waals surface area contributed by atoms with E-state index in [4.69, 9.17) is 0 Å². The van der Waals surface area contributed by atoms with E-state index in [1.54, 1.807) is 29.8 Å². The molecule has 1 aromatic carbocycles. The smallest absolute Gasteiger partial charge is 0.262 e. The van der Waals surface area contributed by atoms with Crippen LogP contribution in [0.3, 0.4) is 0 Å². The van der Waals surface area contributed by atoms with Gasteiger partial charge in [0.1, 0.15) is 23.0 Å². The van der Waals surface area contributed by atoms with Crippen LogP contribution in [0.5, 0.6) is 0 Å². The number of carbonyl (C=O) groups is 4. The number of benzene rings is 1. The van der Waals surface area contributed by atoms with Gasteiger partial charge in [-0.25, -0.2) is 9.97 Å². The third kappa shape index (κ3) is 3.86. The van der Waals surface area contributed by atoms with Gasteiger partial charge in [0, 0.05) is 17.8 Å². The average molecular weight is 464 g/mol. The molecule has 2 aromatic heterocycles. The molecule has 3 aromatic rings. The van der Waals surface area contributed by atoms with E-state index >= 15 is 0 Å². The van der Waals surface area contributed by atoms with Crippen molar-refractivity contribution in [1.29, 1.82) is 0 Å². The van der Waals surface area contributed by atoms with Crippen molar-refractivity contribution >= 4 is 51.0 Å². The highest BCUT2D eigenvalue weighted by Gasteiger charge is 2.44. The van der Waals surface area contributed by atoms with Crippen LogP contribution < -0.4 is 10.6 Å². The lowest BCUT2D eigenvalue weighted by molar-refractivity contribution is -0.136. The normalized spacial score (nSPS) is 18.1. The predicted molar refractivity (Wildman–Crippen MR) is 122 cm³/mol. The summed E-state index contributed by atoms with van der Waals surface area (Å²) < 4.78 is 0. The number of rotatable bonds is 6. The van der Waals surface area contributed by atoms with Crippen LogP contribution in [0.4, 0.5) is 5.82 Å². The van der Waals surface area contributed by atoms with Crippen LogP contribution in [0.25, 0.3) is 10.2 Å². The second kappa shape index (κ2) is 8.36. The number of hydrogen-bond acceptors (Lipinski definition) is 8. The summed E-state index contributed by atoms with van der Waals surface area (Å²) in [4.78, 5) is 61.1. The first-order valence-electron chi connectivity index (χ1n) is 10.7. The molecule has 9 nitrogen and oxygen atoms in total. The molecule has 0 saturated carbocycles. The molecule has 4 amide bonds. The fraction of sp³-hybridized carbons (Fsp3) is 0.304. The minimum atomic E-state index is -0.951. The fourth-order valence-electron chi connectivity index (χ4n) is 4.29. The van der Waals surface area contributed by atoms with E-state index in [0.717, 1.165) is 32.9 Å². The Bertz CT molecular complexity index is 1320. The number of aromatic nitrogens is 2. The summed E-state index contributed by atoms with van der Waals surface area (Å²) in [5.74, 6) is -1.16. The van der Waals surface area contributed by atoms with Gasteiger partial charge in [-0.3, -0.25) is 29.4 Å². The summed E-state index contributed by atoms with van der Waals surface area (Å²) in [6.07, 6.45) is 3.31. The van der Waals surface area contributed by atoms with E-state index in [1.165, 1.54) is 4.88 Å². The maximum absolute atomic E-state index is 12.9. The Morgan fingerprint density at radius 1 is 1.12 bits per heavy atom. The van der Waals surface area contributed by atoms with Crippen LogP contribution in [0, 0.1) is 6.92 Å². The van der Waals surface area contributed by atoms with E-state index in [2.05, 4.69) is 26.7 Å². The molecular formula is C23H21N5O4S.